The second-order valence-corrected chi connectivity index (χ2v) is 5.27. The molecule has 6 heteroatoms. The number of piperidine rings is 1. The van der Waals surface area contributed by atoms with Gasteiger partial charge >= 0.3 is 0 Å². The van der Waals surface area contributed by atoms with E-state index in [2.05, 4.69) is 0 Å². The molecule has 0 bridgehead atoms. The fourth-order valence-corrected chi connectivity index (χ4v) is 2.39. The van der Waals surface area contributed by atoms with Gasteiger partial charge in [0.2, 0.25) is 5.91 Å². The molecule has 1 heterocycles. The number of para-hydroxylation sites is 1. The highest BCUT2D eigenvalue weighted by molar-refractivity contribution is 5.92. The number of carbonyl (C=O) groups excluding carboxylic acids is 1. The number of nitro groups is 1. The van der Waals surface area contributed by atoms with Crippen LogP contribution in [0.2, 0.25) is 0 Å². The van der Waals surface area contributed by atoms with E-state index in [-0.39, 0.29) is 23.6 Å². The number of hydrogen-bond donors (Lipinski definition) is 1. The fraction of sp³-hybridized carbons (Fsp3) is 0.400. The van der Waals surface area contributed by atoms with E-state index in [0.717, 1.165) is 0 Å². The van der Waals surface area contributed by atoms with Gasteiger partial charge in [-0.2, -0.15) is 0 Å². The number of benzene rings is 1. The molecule has 0 aliphatic carbocycles. The first-order chi connectivity index (χ1) is 9.99. The number of nitro benzene ring substituents is 1. The fourth-order valence-electron chi connectivity index (χ4n) is 2.39. The van der Waals surface area contributed by atoms with Gasteiger partial charge in [0.05, 0.1) is 16.6 Å². The number of aliphatic hydroxyl groups excluding tert-OH is 1. The lowest BCUT2D eigenvalue weighted by molar-refractivity contribution is -0.385. The van der Waals surface area contributed by atoms with E-state index in [1.54, 1.807) is 23.1 Å². The maximum Gasteiger partial charge on any atom is 0.276 e. The minimum Gasteiger partial charge on any atom is -0.393 e. The third-order valence-electron chi connectivity index (χ3n) is 3.71. The van der Waals surface area contributed by atoms with Crippen LogP contribution in [0, 0.1) is 16.0 Å². The molecule has 2 atom stereocenters. The first kappa shape index (κ1) is 15.2. The van der Waals surface area contributed by atoms with Crippen molar-refractivity contribution in [2.45, 2.75) is 19.4 Å². The van der Waals surface area contributed by atoms with Crippen molar-refractivity contribution in [3.8, 4) is 0 Å². The molecule has 1 aliphatic rings. The van der Waals surface area contributed by atoms with Crippen LogP contribution in [0.3, 0.4) is 0 Å². The highest BCUT2D eigenvalue weighted by Gasteiger charge is 2.26. The van der Waals surface area contributed by atoms with Gasteiger partial charge in [-0.25, -0.2) is 0 Å². The Morgan fingerprint density at radius 3 is 2.86 bits per heavy atom. The van der Waals surface area contributed by atoms with Crippen LogP contribution in [0.4, 0.5) is 5.69 Å². The molecule has 1 aromatic carbocycles. The van der Waals surface area contributed by atoms with Gasteiger partial charge in [-0.3, -0.25) is 14.9 Å². The molecule has 1 aliphatic heterocycles. The van der Waals surface area contributed by atoms with Crippen molar-refractivity contribution in [2.75, 3.05) is 13.1 Å². The molecule has 1 aromatic rings. The standard InChI is InChI=1S/C15H18N2O4/c1-11-10-16(9-8-14(11)18)15(19)7-6-12-4-2-3-5-13(12)17(20)21/h2-7,11,14,18H,8-10H2,1H3/b7-6+. The highest BCUT2D eigenvalue weighted by Crippen LogP contribution is 2.20. The molecule has 2 unspecified atom stereocenters. The second kappa shape index (κ2) is 6.49. The summed E-state index contributed by atoms with van der Waals surface area (Å²) < 4.78 is 0. The number of aliphatic hydroxyl groups is 1. The molecule has 2 rings (SSSR count). The summed E-state index contributed by atoms with van der Waals surface area (Å²) in [6.45, 7) is 2.91. The van der Waals surface area contributed by atoms with Crippen molar-refractivity contribution >= 4 is 17.7 Å². The first-order valence-electron chi connectivity index (χ1n) is 6.87. The van der Waals surface area contributed by atoms with E-state index < -0.39 is 4.92 Å². The Balaban J connectivity index is 2.08. The number of nitrogens with zero attached hydrogens (tertiary/aromatic N) is 2. The molecule has 21 heavy (non-hydrogen) atoms. The molecule has 1 amide bonds. The van der Waals surface area contributed by atoms with E-state index in [9.17, 15) is 20.0 Å². The summed E-state index contributed by atoms with van der Waals surface area (Å²) in [7, 11) is 0. The summed E-state index contributed by atoms with van der Waals surface area (Å²) in [5.41, 5.74) is 0.380. The predicted octanol–water partition coefficient (Wildman–Crippen LogP) is 1.84. The SMILES string of the molecule is CC1CN(C(=O)/C=C/c2ccccc2[N+](=O)[O-])CCC1O. The molecule has 0 saturated carbocycles. The van der Waals surface area contributed by atoms with Crippen LogP contribution < -0.4 is 0 Å². The number of amides is 1. The number of likely N-dealkylation sites (tertiary alicyclic amines) is 1. The molecule has 6 nitrogen and oxygen atoms in total. The molecular formula is C15H18N2O4. The maximum atomic E-state index is 12.1. The average molecular weight is 290 g/mol. The zero-order valence-electron chi connectivity index (χ0n) is 11.8. The summed E-state index contributed by atoms with van der Waals surface area (Å²) in [5.74, 6) is -0.144. The lowest BCUT2D eigenvalue weighted by Crippen LogP contribution is -2.44. The van der Waals surface area contributed by atoms with E-state index in [1.165, 1.54) is 18.2 Å². The monoisotopic (exact) mass is 290 g/mol. The predicted molar refractivity (Wildman–Crippen MR) is 78.5 cm³/mol. The summed E-state index contributed by atoms with van der Waals surface area (Å²) in [6.07, 6.45) is 3.02. The Hall–Kier alpha value is -2.21. The Labute approximate surface area is 122 Å². The van der Waals surface area contributed by atoms with Crippen molar-refractivity contribution in [3.63, 3.8) is 0 Å². The summed E-state index contributed by atoms with van der Waals surface area (Å²) in [5, 5.41) is 20.5. The van der Waals surface area contributed by atoms with E-state index >= 15 is 0 Å². The Morgan fingerprint density at radius 2 is 2.19 bits per heavy atom. The molecule has 1 fully saturated rings. The van der Waals surface area contributed by atoms with Gasteiger partial charge in [0, 0.05) is 25.2 Å². The van der Waals surface area contributed by atoms with E-state index in [0.29, 0.717) is 25.1 Å². The average Bonchev–Trinajstić information content (AvgIpc) is 2.47. The Kier molecular flexibility index (Phi) is 4.70. The minimum atomic E-state index is -0.469. The third-order valence-corrected chi connectivity index (χ3v) is 3.71. The lowest BCUT2D eigenvalue weighted by Gasteiger charge is -2.33. The quantitative estimate of drug-likeness (QED) is 0.523. The van der Waals surface area contributed by atoms with Gasteiger partial charge in [-0.1, -0.05) is 19.1 Å². The van der Waals surface area contributed by atoms with Crippen molar-refractivity contribution < 1.29 is 14.8 Å². The minimum absolute atomic E-state index is 0.0241. The smallest absolute Gasteiger partial charge is 0.276 e. The lowest BCUT2D eigenvalue weighted by atomic mass is 9.97. The van der Waals surface area contributed by atoms with Gasteiger partial charge in [0.25, 0.3) is 5.69 Å². The van der Waals surface area contributed by atoms with Crippen LogP contribution in [-0.4, -0.2) is 40.0 Å². The number of carbonyl (C=O) groups is 1. The van der Waals surface area contributed by atoms with E-state index in [1.807, 2.05) is 6.92 Å². The molecule has 0 spiro atoms. The maximum absolute atomic E-state index is 12.1. The Bertz CT molecular complexity index is 571. The van der Waals surface area contributed by atoms with Crippen molar-refractivity contribution in [3.05, 3.63) is 46.0 Å². The largest absolute Gasteiger partial charge is 0.393 e. The van der Waals surface area contributed by atoms with Crippen molar-refractivity contribution in [1.82, 2.24) is 4.90 Å². The first-order valence-corrected chi connectivity index (χ1v) is 6.87. The molecule has 112 valence electrons. The second-order valence-electron chi connectivity index (χ2n) is 5.27. The van der Waals surface area contributed by atoms with Crippen molar-refractivity contribution in [1.29, 1.82) is 0 Å². The third kappa shape index (κ3) is 3.66. The van der Waals surface area contributed by atoms with Gasteiger partial charge in [0.1, 0.15) is 0 Å². The topological polar surface area (TPSA) is 83.7 Å². The van der Waals surface area contributed by atoms with Crippen LogP contribution in [-0.2, 0) is 4.79 Å². The zero-order chi connectivity index (χ0) is 15.4. The van der Waals surface area contributed by atoms with Crippen molar-refractivity contribution in [2.24, 2.45) is 5.92 Å². The normalized spacial score (nSPS) is 22.5. The highest BCUT2D eigenvalue weighted by atomic mass is 16.6. The van der Waals surface area contributed by atoms with Gasteiger partial charge in [-0.05, 0) is 24.5 Å². The van der Waals surface area contributed by atoms with Crippen LogP contribution in [0.15, 0.2) is 30.3 Å². The van der Waals surface area contributed by atoms with Gasteiger partial charge in [0.15, 0.2) is 0 Å². The van der Waals surface area contributed by atoms with Crippen LogP contribution in [0.1, 0.15) is 18.9 Å². The van der Waals surface area contributed by atoms with Crippen LogP contribution in [0.5, 0.6) is 0 Å². The number of rotatable bonds is 3. The Morgan fingerprint density at radius 1 is 1.48 bits per heavy atom. The van der Waals surface area contributed by atoms with Crippen LogP contribution in [0.25, 0.3) is 6.08 Å². The molecule has 0 radical (unpaired) electrons. The molecule has 0 aromatic heterocycles. The van der Waals surface area contributed by atoms with Gasteiger partial charge < -0.3 is 10.0 Å². The van der Waals surface area contributed by atoms with E-state index in [4.69, 9.17) is 0 Å². The summed E-state index contributed by atoms with van der Waals surface area (Å²) >= 11 is 0. The molecule has 1 N–H and O–H groups in total. The number of hydrogen-bond acceptors (Lipinski definition) is 4. The zero-order valence-corrected chi connectivity index (χ0v) is 11.8. The summed E-state index contributed by atoms with van der Waals surface area (Å²) in [6, 6.07) is 6.29. The molecular weight excluding hydrogens is 272 g/mol. The van der Waals surface area contributed by atoms with Gasteiger partial charge in [-0.15, -0.1) is 0 Å². The molecule has 1 saturated heterocycles. The van der Waals surface area contributed by atoms with Crippen LogP contribution >= 0.6 is 0 Å². The summed E-state index contributed by atoms with van der Waals surface area (Å²) in [4.78, 5) is 24.2.